The fraction of sp³-hybridized carbons (Fsp3) is 0.250. The van der Waals surface area contributed by atoms with Crippen LogP contribution in [0, 0.1) is 6.61 Å². The van der Waals surface area contributed by atoms with Crippen LogP contribution in [0.5, 0.6) is 0 Å². The van der Waals surface area contributed by atoms with Crippen molar-refractivity contribution in [2.45, 2.75) is 25.7 Å². The van der Waals surface area contributed by atoms with Crippen LogP contribution in [0.4, 0.5) is 0 Å². The maximum Gasteiger partial charge on any atom is 0.0832 e. The highest BCUT2D eigenvalue weighted by Crippen LogP contribution is 2.24. The molecule has 0 amide bonds. The van der Waals surface area contributed by atoms with Crippen molar-refractivity contribution in [3.8, 4) is 0 Å². The highest BCUT2D eigenvalue weighted by molar-refractivity contribution is 5.79. The number of methoxy groups -OCH3 is 1. The fourth-order valence-corrected chi connectivity index (χ4v) is 2.37. The lowest BCUT2D eigenvalue weighted by Gasteiger charge is -2.09. The molecular formula is C20H23O. The van der Waals surface area contributed by atoms with Crippen molar-refractivity contribution in [2.24, 2.45) is 0 Å². The molecule has 1 heteroatoms. The van der Waals surface area contributed by atoms with E-state index in [1.54, 1.807) is 7.11 Å². The summed E-state index contributed by atoms with van der Waals surface area (Å²) in [4.78, 5) is 0. The van der Waals surface area contributed by atoms with Gasteiger partial charge in [-0.2, -0.15) is 0 Å². The van der Waals surface area contributed by atoms with Crippen molar-refractivity contribution in [3.63, 3.8) is 0 Å². The molecule has 0 N–H and O–H groups in total. The second-order valence-electron chi connectivity index (χ2n) is 5.04. The Balaban J connectivity index is 2.06. The molecule has 2 rings (SSSR count). The summed E-state index contributed by atoms with van der Waals surface area (Å²) >= 11 is 0. The lowest BCUT2D eigenvalue weighted by atomic mass is 9.96. The van der Waals surface area contributed by atoms with Crippen LogP contribution in [0.25, 0.3) is 5.57 Å². The Labute approximate surface area is 128 Å². The zero-order valence-corrected chi connectivity index (χ0v) is 12.7. The van der Waals surface area contributed by atoms with Gasteiger partial charge in [0.1, 0.15) is 0 Å². The first-order chi connectivity index (χ1) is 10.4. The predicted octanol–water partition coefficient (Wildman–Crippen LogP) is 5.49. The van der Waals surface area contributed by atoms with E-state index in [4.69, 9.17) is 4.74 Å². The minimum atomic E-state index is 1.02. The average Bonchev–Trinajstić information content (AvgIpc) is 2.56. The monoisotopic (exact) mass is 279 g/mol. The fourth-order valence-electron chi connectivity index (χ4n) is 2.37. The Morgan fingerprint density at radius 2 is 1.33 bits per heavy atom. The van der Waals surface area contributed by atoms with Crippen molar-refractivity contribution in [1.82, 2.24) is 0 Å². The highest BCUT2D eigenvalue weighted by atomic mass is 16.5. The molecule has 0 fully saturated rings. The van der Waals surface area contributed by atoms with Crippen molar-refractivity contribution >= 4 is 5.57 Å². The molecule has 2 aromatic rings. The Bertz CT molecular complexity index is 487. The summed E-state index contributed by atoms with van der Waals surface area (Å²) in [7, 11) is 1.71. The van der Waals surface area contributed by atoms with Crippen molar-refractivity contribution < 1.29 is 4.74 Å². The third kappa shape index (κ3) is 5.20. The van der Waals surface area contributed by atoms with Crippen molar-refractivity contribution in [1.29, 1.82) is 0 Å². The maximum absolute atomic E-state index is 4.97. The molecule has 0 saturated heterocycles. The molecule has 109 valence electrons. The van der Waals surface area contributed by atoms with Crippen LogP contribution in [0.2, 0.25) is 0 Å². The van der Waals surface area contributed by atoms with E-state index in [-0.39, 0.29) is 0 Å². The number of hydrogen-bond donors (Lipinski definition) is 0. The SMILES string of the molecule is CO[CH]CCCCC=C(c1ccccc1)c1ccccc1. The lowest BCUT2D eigenvalue weighted by Crippen LogP contribution is -1.88. The first-order valence-corrected chi connectivity index (χ1v) is 7.57. The van der Waals surface area contributed by atoms with E-state index < -0.39 is 0 Å². The van der Waals surface area contributed by atoms with Crippen molar-refractivity contribution in [3.05, 3.63) is 84.5 Å². The molecule has 0 spiro atoms. The van der Waals surface area contributed by atoms with Crippen LogP contribution >= 0.6 is 0 Å². The first kappa shape index (κ1) is 15.5. The summed E-state index contributed by atoms with van der Waals surface area (Å²) in [6, 6.07) is 21.2. The molecule has 0 atom stereocenters. The molecule has 0 saturated carbocycles. The molecule has 21 heavy (non-hydrogen) atoms. The molecule has 0 aliphatic rings. The van der Waals surface area contributed by atoms with Gasteiger partial charge in [-0.1, -0.05) is 73.2 Å². The van der Waals surface area contributed by atoms with Crippen LogP contribution in [-0.2, 0) is 4.74 Å². The molecule has 1 radical (unpaired) electrons. The summed E-state index contributed by atoms with van der Waals surface area (Å²) in [6.45, 7) is 1.87. The van der Waals surface area contributed by atoms with Gasteiger partial charge >= 0.3 is 0 Å². The van der Waals surface area contributed by atoms with Gasteiger partial charge in [-0.25, -0.2) is 0 Å². The van der Waals surface area contributed by atoms with Gasteiger partial charge in [0, 0.05) is 7.11 Å². The molecule has 2 aromatic carbocycles. The first-order valence-electron chi connectivity index (χ1n) is 7.57. The van der Waals surface area contributed by atoms with E-state index in [1.807, 2.05) is 6.61 Å². The van der Waals surface area contributed by atoms with Gasteiger partial charge in [-0.05, 0) is 36.0 Å². The lowest BCUT2D eigenvalue weighted by molar-refractivity contribution is 0.262. The van der Waals surface area contributed by atoms with Crippen LogP contribution < -0.4 is 0 Å². The van der Waals surface area contributed by atoms with Gasteiger partial charge in [0.2, 0.25) is 0 Å². The third-order valence-electron chi connectivity index (χ3n) is 3.46. The quantitative estimate of drug-likeness (QED) is 0.581. The van der Waals surface area contributed by atoms with E-state index in [0.717, 1.165) is 12.8 Å². The number of hydrogen-bond acceptors (Lipinski definition) is 1. The summed E-state index contributed by atoms with van der Waals surface area (Å²) in [5.41, 5.74) is 3.89. The molecule has 1 nitrogen and oxygen atoms in total. The van der Waals surface area contributed by atoms with Crippen LogP contribution in [0.3, 0.4) is 0 Å². The van der Waals surface area contributed by atoms with Gasteiger partial charge in [-0.3, -0.25) is 0 Å². The van der Waals surface area contributed by atoms with Gasteiger partial charge in [0.05, 0.1) is 6.61 Å². The molecular weight excluding hydrogens is 256 g/mol. The largest absolute Gasteiger partial charge is 0.379 e. The third-order valence-corrected chi connectivity index (χ3v) is 3.46. The van der Waals surface area contributed by atoms with Gasteiger partial charge in [0.15, 0.2) is 0 Å². The van der Waals surface area contributed by atoms with Gasteiger partial charge in [-0.15, -0.1) is 0 Å². The number of unbranched alkanes of at least 4 members (excludes halogenated alkanes) is 3. The number of ether oxygens (including phenoxy) is 1. The van der Waals surface area contributed by atoms with E-state index in [2.05, 4.69) is 66.7 Å². The molecule has 0 bridgehead atoms. The molecule has 0 aromatic heterocycles. The highest BCUT2D eigenvalue weighted by Gasteiger charge is 2.03. The van der Waals surface area contributed by atoms with Crippen molar-refractivity contribution in [2.75, 3.05) is 7.11 Å². The normalized spacial score (nSPS) is 10.3. The zero-order valence-electron chi connectivity index (χ0n) is 12.7. The maximum atomic E-state index is 4.97. The summed E-state index contributed by atoms with van der Waals surface area (Å²) < 4.78 is 4.97. The molecule has 0 heterocycles. The number of rotatable bonds is 8. The van der Waals surface area contributed by atoms with Gasteiger partial charge in [0.25, 0.3) is 0 Å². The standard InChI is InChI=1S/C20H23O/c1-21-17-11-3-2-10-16-20(18-12-6-4-7-13-18)19-14-8-5-9-15-19/h4-9,12-17H,2-3,10-11H2,1H3. The summed E-state index contributed by atoms with van der Waals surface area (Å²) in [5, 5.41) is 0. The second kappa shape index (κ2) is 9.15. The smallest absolute Gasteiger partial charge is 0.0832 e. The number of benzene rings is 2. The van der Waals surface area contributed by atoms with Gasteiger partial charge < -0.3 is 4.74 Å². The van der Waals surface area contributed by atoms with E-state index >= 15 is 0 Å². The average molecular weight is 279 g/mol. The predicted molar refractivity (Wildman–Crippen MR) is 89.7 cm³/mol. The Hall–Kier alpha value is -1.86. The second-order valence-corrected chi connectivity index (χ2v) is 5.04. The van der Waals surface area contributed by atoms with E-state index in [0.29, 0.717) is 0 Å². The molecule has 0 aliphatic heterocycles. The zero-order chi connectivity index (χ0) is 14.8. The topological polar surface area (TPSA) is 9.23 Å². The van der Waals surface area contributed by atoms with E-state index in [9.17, 15) is 0 Å². The summed E-state index contributed by atoms with van der Waals surface area (Å²) in [5.74, 6) is 0. The van der Waals surface area contributed by atoms with Crippen LogP contribution in [0.15, 0.2) is 66.7 Å². The summed E-state index contributed by atoms with van der Waals surface area (Å²) in [6.07, 6.45) is 6.83. The van der Waals surface area contributed by atoms with Crippen LogP contribution in [0.1, 0.15) is 36.8 Å². The van der Waals surface area contributed by atoms with E-state index in [1.165, 1.54) is 29.5 Å². The minimum Gasteiger partial charge on any atom is -0.379 e. The van der Waals surface area contributed by atoms with Crippen LogP contribution in [-0.4, -0.2) is 7.11 Å². The Kier molecular flexibility index (Phi) is 6.76. The minimum absolute atomic E-state index is 1.02. The molecule has 0 aliphatic carbocycles. The Morgan fingerprint density at radius 1 is 0.810 bits per heavy atom. The molecule has 0 unspecified atom stereocenters. The number of allylic oxidation sites excluding steroid dienone is 1. The Morgan fingerprint density at radius 3 is 1.86 bits per heavy atom.